The SMILES string of the molecule is O=C(O)C1CC(Cc2ccco2)C1. The van der Waals surface area contributed by atoms with Crippen LogP contribution in [0.3, 0.4) is 0 Å². The number of carboxylic acid groups (broad SMARTS) is 1. The molecule has 3 nitrogen and oxygen atoms in total. The van der Waals surface area contributed by atoms with Gasteiger partial charge in [-0.15, -0.1) is 0 Å². The molecule has 2 rings (SSSR count). The number of furan rings is 1. The maximum atomic E-state index is 10.5. The number of aliphatic carboxylic acids is 1. The van der Waals surface area contributed by atoms with Gasteiger partial charge in [-0.05, 0) is 30.9 Å². The second kappa shape index (κ2) is 3.24. The first-order valence-electron chi connectivity index (χ1n) is 4.51. The van der Waals surface area contributed by atoms with Gasteiger partial charge < -0.3 is 9.52 Å². The lowest BCUT2D eigenvalue weighted by atomic mass is 9.73. The molecule has 13 heavy (non-hydrogen) atoms. The van der Waals surface area contributed by atoms with E-state index in [9.17, 15) is 4.79 Å². The zero-order valence-electron chi connectivity index (χ0n) is 7.27. The van der Waals surface area contributed by atoms with Gasteiger partial charge in [-0.2, -0.15) is 0 Å². The zero-order chi connectivity index (χ0) is 9.26. The average molecular weight is 180 g/mol. The molecule has 1 aromatic rings. The van der Waals surface area contributed by atoms with Gasteiger partial charge in [0.25, 0.3) is 0 Å². The third-order valence-electron chi connectivity index (χ3n) is 2.65. The fraction of sp³-hybridized carbons (Fsp3) is 0.500. The summed E-state index contributed by atoms with van der Waals surface area (Å²) in [6.45, 7) is 0. The van der Waals surface area contributed by atoms with E-state index < -0.39 is 5.97 Å². The fourth-order valence-corrected chi connectivity index (χ4v) is 1.82. The van der Waals surface area contributed by atoms with Crippen molar-refractivity contribution >= 4 is 5.97 Å². The Labute approximate surface area is 76.4 Å². The Hall–Kier alpha value is -1.25. The molecule has 1 aromatic heterocycles. The van der Waals surface area contributed by atoms with Crippen molar-refractivity contribution in [3.63, 3.8) is 0 Å². The van der Waals surface area contributed by atoms with Gasteiger partial charge in [0.2, 0.25) is 0 Å². The highest BCUT2D eigenvalue weighted by Crippen LogP contribution is 2.36. The van der Waals surface area contributed by atoms with Crippen LogP contribution >= 0.6 is 0 Å². The minimum absolute atomic E-state index is 0.111. The first-order chi connectivity index (χ1) is 6.25. The van der Waals surface area contributed by atoms with Gasteiger partial charge in [0.15, 0.2) is 0 Å². The van der Waals surface area contributed by atoms with E-state index in [2.05, 4.69) is 0 Å². The monoisotopic (exact) mass is 180 g/mol. The highest BCUT2D eigenvalue weighted by Gasteiger charge is 2.34. The number of hydrogen-bond donors (Lipinski definition) is 1. The molecule has 1 N–H and O–H groups in total. The first-order valence-corrected chi connectivity index (χ1v) is 4.51. The Morgan fingerprint density at radius 3 is 2.92 bits per heavy atom. The number of carbonyl (C=O) groups is 1. The van der Waals surface area contributed by atoms with E-state index in [1.165, 1.54) is 0 Å². The molecular weight excluding hydrogens is 168 g/mol. The Balaban J connectivity index is 1.79. The standard InChI is InChI=1S/C10H12O3/c11-10(12)8-4-7(5-8)6-9-2-1-3-13-9/h1-3,7-8H,4-6H2,(H,11,12). The van der Waals surface area contributed by atoms with Gasteiger partial charge in [-0.3, -0.25) is 4.79 Å². The Morgan fingerprint density at radius 2 is 2.38 bits per heavy atom. The Bertz CT molecular complexity index is 283. The maximum Gasteiger partial charge on any atom is 0.306 e. The lowest BCUT2D eigenvalue weighted by molar-refractivity contribution is -0.146. The summed E-state index contributed by atoms with van der Waals surface area (Å²) in [5.41, 5.74) is 0. The minimum atomic E-state index is -0.657. The molecule has 1 saturated carbocycles. The summed E-state index contributed by atoms with van der Waals surface area (Å²) in [6.07, 6.45) is 4.14. The van der Waals surface area contributed by atoms with Crippen LogP contribution in [0.15, 0.2) is 22.8 Å². The second-order valence-electron chi connectivity index (χ2n) is 3.66. The fourth-order valence-electron chi connectivity index (χ4n) is 1.82. The molecule has 1 fully saturated rings. The van der Waals surface area contributed by atoms with Gasteiger partial charge in [-0.25, -0.2) is 0 Å². The molecule has 70 valence electrons. The summed E-state index contributed by atoms with van der Waals surface area (Å²) >= 11 is 0. The number of hydrogen-bond acceptors (Lipinski definition) is 2. The van der Waals surface area contributed by atoms with Crippen molar-refractivity contribution in [3.05, 3.63) is 24.2 Å². The van der Waals surface area contributed by atoms with Crippen molar-refractivity contribution in [2.24, 2.45) is 11.8 Å². The molecule has 3 heteroatoms. The maximum absolute atomic E-state index is 10.5. The third-order valence-corrected chi connectivity index (χ3v) is 2.65. The molecule has 0 amide bonds. The third kappa shape index (κ3) is 1.74. The van der Waals surface area contributed by atoms with Crippen LogP contribution in [0, 0.1) is 11.8 Å². The van der Waals surface area contributed by atoms with Crippen molar-refractivity contribution in [1.82, 2.24) is 0 Å². The van der Waals surface area contributed by atoms with Gasteiger partial charge in [0.1, 0.15) is 5.76 Å². The molecule has 1 aliphatic carbocycles. The van der Waals surface area contributed by atoms with Gasteiger partial charge in [0.05, 0.1) is 12.2 Å². The van der Waals surface area contributed by atoms with Crippen LogP contribution in [0.2, 0.25) is 0 Å². The van der Waals surface area contributed by atoms with Crippen LogP contribution in [0.25, 0.3) is 0 Å². The lowest BCUT2D eigenvalue weighted by Gasteiger charge is -2.31. The molecule has 1 heterocycles. The average Bonchev–Trinajstić information content (AvgIpc) is 2.46. The summed E-state index contributed by atoms with van der Waals surface area (Å²) in [7, 11) is 0. The van der Waals surface area contributed by atoms with Crippen molar-refractivity contribution in [1.29, 1.82) is 0 Å². The van der Waals surface area contributed by atoms with Crippen molar-refractivity contribution in [3.8, 4) is 0 Å². The van der Waals surface area contributed by atoms with Crippen LogP contribution in [-0.4, -0.2) is 11.1 Å². The van der Waals surface area contributed by atoms with Gasteiger partial charge in [0, 0.05) is 6.42 Å². The van der Waals surface area contributed by atoms with Crippen LogP contribution in [0.4, 0.5) is 0 Å². The van der Waals surface area contributed by atoms with E-state index in [4.69, 9.17) is 9.52 Å². The predicted octanol–water partition coefficient (Wildman–Crippen LogP) is 1.93. The molecule has 0 bridgehead atoms. The Kier molecular flexibility index (Phi) is 2.08. The molecule has 0 radical (unpaired) electrons. The largest absolute Gasteiger partial charge is 0.481 e. The van der Waals surface area contributed by atoms with Crippen LogP contribution < -0.4 is 0 Å². The summed E-state index contributed by atoms with van der Waals surface area (Å²) in [4.78, 5) is 10.5. The van der Waals surface area contributed by atoms with Crippen molar-refractivity contribution < 1.29 is 14.3 Å². The Morgan fingerprint density at radius 1 is 1.62 bits per heavy atom. The highest BCUT2D eigenvalue weighted by molar-refractivity contribution is 5.71. The summed E-state index contributed by atoms with van der Waals surface area (Å²) in [5, 5.41) is 8.65. The van der Waals surface area contributed by atoms with E-state index in [0.29, 0.717) is 5.92 Å². The molecule has 0 aromatic carbocycles. The van der Waals surface area contributed by atoms with Crippen LogP contribution in [0.5, 0.6) is 0 Å². The van der Waals surface area contributed by atoms with Crippen molar-refractivity contribution in [2.45, 2.75) is 19.3 Å². The smallest absolute Gasteiger partial charge is 0.306 e. The van der Waals surface area contributed by atoms with Crippen LogP contribution in [-0.2, 0) is 11.2 Å². The molecule has 0 aliphatic heterocycles. The molecule has 0 unspecified atom stereocenters. The normalized spacial score (nSPS) is 26.8. The van der Waals surface area contributed by atoms with E-state index >= 15 is 0 Å². The number of rotatable bonds is 3. The van der Waals surface area contributed by atoms with E-state index in [1.54, 1.807) is 6.26 Å². The number of carboxylic acids is 1. The van der Waals surface area contributed by atoms with Crippen LogP contribution in [0.1, 0.15) is 18.6 Å². The van der Waals surface area contributed by atoms with Gasteiger partial charge in [-0.1, -0.05) is 0 Å². The molecule has 0 atom stereocenters. The molecule has 1 aliphatic rings. The molecule has 0 spiro atoms. The van der Waals surface area contributed by atoms with E-state index in [0.717, 1.165) is 25.0 Å². The topological polar surface area (TPSA) is 50.4 Å². The molecule has 0 saturated heterocycles. The van der Waals surface area contributed by atoms with E-state index in [-0.39, 0.29) is 5.92 Å². The first kappa shape index (κ1) is 8.35. The van der Waals surface area contributed by atoms with E-state index in [1.807, 2.05) is 12.1 Å². The quantitative estimate of drug-likeness (QED) is 0.773. The summed E-state index contributed by atoms with van der Waals surface area (Å²) < 4.78 is 5.19. The summed E-state index contributed by atoms with van der Waals surface area (Å²) in [5.74, 6) is 0.705. The van der Waals surface area contributed by atoms with Gasteiger partial charge >= 0.3 is 5.97 Å². The van der Waals surface area contributed by atoms with Crippen molar-refractivity contribution in [2.75, 3.05) is 0 Å². The predicted molar refractivity (Wildman–Crippen MR) is 46.3 cm³/mol. The summed E-state index contributed by atoms with van der Waals surface area (Å²) in [6, 6.07) is 3.80. The zero-order valence-corrected chi connectivity index (χ0v) is 7.27. The minimum Gasteiger partial charge on any atom is -0.481 e. The molecular formula is C10H12O3. The lowest BCUT2D eigenvalue weighted by Crippen LogP contribution is -2.31. The second-order valence-corrected chi connectivity index (χ2v) is 3.66. The highest BCUT2D eigenvalue weighted by atomic mass is 16.4.